The van der Waals surface area contributed by atoms with Crippen molar-refractivity contribution in [2.75, 3.05) is 12.3 Å². The third-order valence-corrected chi connectivity index (χ3v) is 5.03. The van der Waals surface area contributed by atoms with E-state index in [0.29, 0.717) is 12.2 Å². The average molecular weight is 272 g/mol. The van der Waals surface area contributed by atoms with Crippen molar-refractivity contribution in [2.24, 2.45) is 0 Å². The van der Waals surface area contributed by atoms with Gasteiger partial charge in [-0.1, -0.05) is 0 Å². The van der Waals surface area contributed by atoms with Crippen LogP contribution in [0.15, 0.2) is 0 Å². The first kappa shape index (κ1) is 10.8. The van der Waals surface area contributed by atoms with Crippen molar-refractivity contribution in [3.63, 3.8) is 0 Å². The molecule has 1 aromatic heterocycles. The molecule has 0 atom stereocenters. The molecule has 0 amide bonds. The van der Waals surface area contributed by atoms with E-state index in [1.165, 1.54) is 22.8 Å². The van der Waals surface area contributed by atoms with Crippen LogP contribution in [0, 0.1) is 0 Å². The Morgan fingerprint density at radius 3 is 2.93 bits per heavy atom. The summed E-state index contributed by atoms with van der Waals surface area (Å²) in [5, 5.41) is 0. The first-order chi connectivity index (χ1) is 7.24. The Labute approximate surface area is 95.4 Å². The number of hydrogen-bond acceptors (Lipinski definition) is 3. The standard InChI is InChI=1S/C11H15NO2Se/c1-2-14-11(13)9-7-5-3-4-6-8(7)15-10(9)12/h2-6,12H2,1H3. The molecule has 2 rings (SSSR count). The molecule has 82 valence electrons. The first-order valence-corrected chi connectivity index (χ1v) is 7.02. The molecule has 0 saturated heterocycles. The summed E-state index contributed by atoms with van der Waals surface area (Å²) >= 11 is 0.206. The van der Waals surface area contributed by atoms with E-state index >= 15 is 0 Å². The molecule has 1 aliphatic rings. The van der Waals surface area contributed by atoms with Crippen LogP contribution in [0.5, 0.6) is 0 Å². The summed E-state index contributed by atoms with van der Waals surface area (Å²) in [6.07, 6.45) is 4.54. The zero-order valence-corrected chi connectivity index (χ0v) is 10.6. The second-order valence-corrected chi connectivity index (χ2v) is 6.06. The van der Waals surface area contributed by atoms with Gasteiger partial charge in [-0.3, -0.25) is 0 Å². The van der Waals surface area contributed by atoms with Gasteiger partial charge in [0.25, 0.3) is 0 Å². The van der Waals surface area contributed by atoms with Crippen molar-refractivity contribution in [1.82, 2.24) is 0 Å². The fourth-order valence-corrected chi connectivity index (χ4v) is 4.42. The summed E-state index contributed by atoms with van der Waals surface area (Å²) in [7, 11) is 0. The molecule has 1 aliphatic carbocycles. The van der Waals surface area contributed by atoms with Crippen molar-refractivity contribution >= 4 is 25.0 Å². The predicted molar refractivity (Wildman–Crippen MR) is 60.4 cm³/mol. The molecule has 0 fully saturated rings. The van der Waals surface area contributed by atoms with Crippen molar-refractivity contribution in [2.45, 2.75) is 32.6 Å². The summed E-state index contributed by atoms with van der Waals surface area (Å²) in [5.41, 5.74) is 7.84. The molecular formula is C11H15NO2Se. The van der Waals surface area contributed by atoms with Gasteiger partial charge in [-0.15, -0.1) is 0 Å². The normalized spacial score (nSPS) is 14.7. The minimum atomic E-state index is -0.219. The summed E-state index contributed by atoms with van der Waals surface area (Å²) in [6, 6.07) is 0. The summed E-state index contributed by atoms with van der Waals surface area (Å²) in [5.74, 6) is -0.219. The Kier molecular flexibility index (Phi) is 3.17. The SMILES string of the molecule is CCOC(=O)c1c(N)[se]c2c1CCCC2. The molecule has 0 aliphatic heterocycles. The molecule has 4 heteroatoms. The maximum atomic E-state index is 11.7. The van der Waals surface area contributed by atoms with Crippen LogP contribution in [-0.4, -0.2) is 27.1 Å². The van der Waals surface area contributed by atoms with E-state index in [1.807, 2.05) is 6.92 Å². The van der Waals surface area contributed by atoms with Crippen LogP contribution in [0.1, 0.15) is 40.1 Å². The van der Waals surface area contributed by atoms with Crippen LogP contribution in [0.2, 0.25) is 0 Å². The molecule has 0 radical (unpaired) electrons. The van der Waals surface area contributed by atoms with Crippen LogP contribution < -0.4 is 5.73 Å². The molecule has 0 bridgehead atoms. The Balaban J connectivity index is 2.37. The fraction of sp³-hybridized carbons (Fsp3) is 0.545. The number of ether oxygens (including phenoxy) is 1. The molecule has 3 nitrogen and oxygen atoms in total. The molecule has 0 unspecified atom stereocenters. The maximum absolute atomic E-state index is 11.7. The molecule has 2 N–H and O–H groups in total. The molecule has 1 aromatic rings. The molecular weight excluding hydrogens is 257 g/mol. The van der Waals surface area contributed by atoms with Gasteiger partial charge in [0.2, 0.25) is 0 Å². The monoisotopic (exact) mass is 273 g/mol. The number of rotatable bonds is 2. The zero-order chi connectivity index (χ0) is 10.8. The molecule has 1 heterocycles. The number of carbonyl (C=O) groups is 1. The van der Waals surface area contributed by atoms with Crippen LogP contribution in [0.3, 0.4) is 0 Å². The zero-order valence-electron chi connectivity index (χ0n) is 8.84. The van der Waals surface area contributed by atoms with Gasteiger partial charge < -0.3 is 0 Å². The predicted octanol–water partition coefficient (Wildman–Crippen LogP) is 1.38. The number of nitrogen functional groups attached to an aromatic ring is 1. The van der Waals surface area contributed by atoms with Crippen molar-refractivity contribution in [1.29, 1.82) is 0 Å². The van der Waals surface area contributed by atoms with Gasteiger partial charge in [-0.25, -0.2) is 0 Å². The van der Waals surface area contributed by atoms with E-state index in [1.54, 1.807) is 0 Å². The second-order valence-electron chi connectivity index (χ2n) is 3.67. The van der Waals surface area contributed by atoms with E-state index in [0.717, 1.165) is 17.4 Å². The third-order valence-electron chi connectivity index (χ3n) is 2.68. The van der Waals surface area contributed by atoms with Gasteiger partial charge in [0.1, 0.15) is 0 Å². The number of aryl methyl sites for hydroxylation is 1. The Morgan fingerprint density at radius 1 is 1.47 bits per heavy atom. The van der Waals surface area contributed by atoms with Crippen LogP contribution in [-0.2, 0) is 17.6 Å². The van der Waals surface area contributed by atoms with Gasteiger partial charge in [0.15, 0.2) is 0 Å². The second kappa shape index (κ2) is 4.42. The molecule has 0 spiro atoms. The van der Waals surface area contributed by atoms with Gasteiger partial charge in [-0.2, -0.15) is 0 Å². The Bertz CT molecular complexity index is 384. The molecule has 0 saturated carbocycles. The molecule has 0 aromatic carbocycles. The minimum absolute atomic E-state index is 0.206. The van der Waals surface area contributed by atoms with E-state index in [-0.39, 0.29) is 20.5 Å². The van der Waals surface area contributed by atoms with Gasteiger partial charge >= 0.3 is 95.1 Å². The van der Waals surface area contributed by atoms with E-state index in [2.05, 4.69) is 0 Å². The average Bonchev–Trinajstić information content (AvgIpc) is 2.54. The molecule has 15 heavy (non-hydrogen) atoms. The quantitative estimate of drug-likeness (QED) is 0.653. The summed E-state index contributed by atoms with van der Waals surface area (Å²) in [6.45, 7) is 2.25. The Hall–Kier alpha value is -0.731. The number of nitrogens with two attached hydrogens (primary N) is 1. The van der Waals surface area contributed by atoms with Crippen molar-refractivity contribution < 1.29 is 9.53 Å². The fourth-order valence-electron chi connectivity index (χ4n) is 2.01. The number of hydrogen-bond donors (Lipinski definition) is 1. The van der Waals surface area contributed by atoms with Crippen LogP contribution >= 0.6 is 0 Å². The van der Waals surface area contributed by atoms with Crippen LogP contribution in [0.4, 0.5) is 4.56 Å². The number of esters is 1. The summed E-state index contributed by atoms with van der Waals surface area (Å²) in [4.78, 5) is 11.7. The Morgan fingerprint density at radius 2 is 2.20 bits per heavy atom. The number of carbonyl (C=O) groups excluding carboxylic acids is 1. The van der Waals surface area contributed by atoms with Gasteiger partial charge in [0.05, 0.1) is 0 Å². The summed E-state index contributed by atoms with van der Waals surface area (Å²) < 4.78 is 7.24. The van der Waals surface area contributed by atoms with Crippen molar-refractivity contribution in [3.05, 3.63) is 15.6 Å². The third kappa shape index (κ3) is 1.97. The van der Waals surface area contributed by atoms with Gasteiger partial charge in [0, 0.05) is 0 Å². The topological polar surface area (TPSA) is 52.3 Å². The number of fused-ring (bicyclic) bond motifs is 1. The van der Waals surface area contributed by atoms with Gasteiger partial charge in [-0.05, 0) is 0 Å². The van der Waals surface area contributed by atoms with E-state index in [9.17, 15) is 4.79 Å². The first-order valence-electron chi connectivity index (χ1n) is 5.31. The van der Waals surface area contributed by atoms with E-state index < -0.39 is 0 Å². The van der Waals surface area contributed by atoms with Crippen LogP contribution in [0.25, 0.3) is 0 Å². The number of anilines is 1. The van der Waals surface area contributed by atoms with Crippen molar-refractivity contribution in [3.8, 4) is 0 Å². The van der Waals surface area contributed by atoms with E-state index in [4.69, 9.17) is 10.5 Å².